The van der Waals surface area contributed by atoms with Crippen molar-refractivity contribution in [2.45, 2.75) is 12.8 Å². The maximum atomic E-state index is 6.21. The van der Waals surface area contributed by atoms with Crippen LogP contribution in [0.4, 0.5) is 0 Å². The van der Waals surface area contributed by atoms with Gasteiger partial charge in [0, 0.05) is 20.9 Å². The topological polar surface area (TPSA) is 0 Å². The van der Waals surface area contributed by atoms with Crippen molar-refractivity contribution in [2.24, 2.45) is 5.92 Å². The molecule has 4 heteroatoms. The predicted molar refractivity (Wildman–Crippen MR) is 89.5 cm³/mol. The molecule has 0 fully saturated rings. The second kappa shape index (κ2) is 7.56. The fourth-order valence-corrected chi connectivity index (χ4v) is 3.07. The van der Waals surface area contributed by atoms with Crippen LogP contribution in [-0.2, 0) is 12.8 Å². The number of alkyl halides is 1. The van der Waals surface area contributed by atoms with Gasteiger partial charge in [-0.1, -0.05) is 59.1 Å². The first kappa shape index (κ1) is 16.0. The molecular weight excluding hydrogens is 334 g/mol. The molecule has 0 bridgehead atoms. The highest BCUT2D eigenvalue weighted by Crippen LogP contribution is 2.26. The summed E-state index contributed by atoms with van der Waals surface area (Å²) in [6, 6.07) is 13.4. The number of halogens is 4. The largest absolute Gasteiger partial charge is 0.126 e. The SMILES string of the molecule is ClCC(Cc1ccccc1Cl)Cc1ccc(Cl)cc1Cl. The first-order chi connectivity index (χ1) is 9.60. The van der Waals surface area contributed by atoms with Gasteiger partial charge in [-0.3, -0.25) is 0 Å². The molecule has 0 spiro atoms. The van der Waals surface area contributed by atoms with E-state index in [1.165, 1.54) is 0 Å². The highest BCUT2D eigenvalue weighted by atomic mass is 35.5. The molecule has 0 saturated heterocycles. The van der Waals surface area contributed by atoms with Gasteiger partial charge in [0.05, 0.1) is 0 Å². The lowest BCUT2D eigenvalue weighted by Crippen LogP contribution is -2.10. The van der Waals surface area contributed by atoms with Crippen molar-refractivity contribution >= 4 is 46.4 Å². The lowest BCUT2D eigenvalue weighted by atomic mass is 9.94. The summed E-state index contributed by atoms with van der Waals surface area (Å²) in [6.07, 6.45) is 1.65. The summed E-state index contributed by atoms with van der Waals surface area (Å²) in [7, 11) is 0. The molecule has 20 heavy (non-hydrogen) atoms. The Labute approximate surface area is 139 Å². The normalized spacial score (nSPS) is 12.4. The summed E-state index contributed by atoms with van der Waals surface area (Å²) in [6.45, 7) is 0. The zero-order valence-electron chi connectivity index (χ0n) is 10.8. The van der Waals surface area contributed by atoms with Crippen LogP contribution < -0.4 is 0 Å². The molecule has 0 aliphatic rings. The van der Waals surface area contributed by atoms with Crippen LogP contribution >= 0.6 is 46.4 Å². The molecule has 0 heterocycles. The van der Waals surface area contributed by atoms with E-state index in [1.807, 2.05) is 36.4 Å². The third-order valence-corrected chi connectivity index (χ3v) is 4.60. The molecular formula is C16H14Cl4. The Kier molecular flexibility index (Phi) is 6.04. The number of hydrogen-bond donors (Lipinski definition) is 0. The molecule has 0 N–H and O–H groups in total. The van der Waals surface area contributed by atoms with E-state index in [0.717, 1.165) is 29.0 Å². The first-order valence-corrected chi connectivity index (χ1v) is 8.00. The van der Waals surface area contributed by atoms with Crippen LogP contribution in [0.15, 0.2) is 42.5 Å². The Hall–Kier alpha value is -0.400. The lowest BCUT2D eigenvalue weighted by Gasteiger charge is -2.16. The summed E-state index contributed by atoms with van der Waals surface area (Å²) in [5.74, 6) is 0.847. The van der Waals surface area contributed by atoms with Crippen LogP contribution in [0.2, 0.25) is 15.1 Å². The zero-order chi connectivity index (χ0) is 14.5. The van der Waals surface area contributed by atoms with Gasteiger partial charge in [0.1, 0.15) is 0 Å². The standard InChI is InChI=1S/C16H14Cl4/c17-10-11(7-12-3-1-2-4-15(12)19)8-13-5-6-14(18)9-16(13)20/h1-6,9,11H,7-8,10H2. The second-order valence-electron chi connectivity index (χ2n) is 4.76. The van der Waals surface area contributed by atoms with Gasteiger partial charge in [0.15, 0.2) is 0 Å². The van der Waals surface area contributed by atoms with Crippen molar-refractivity contribution < 1.29 is 0 Å². The molecule has 0 radical (unpaired) electrons. The molecule has 1 atom stereocenters. The van der Waals surface area contributed by atoms with Gasteiger partial charge in [-0.15, -0.1) is 11.6 Å². The van der Waals surface area contributed by atoms with Crippen LogP contribution in [0.5, 0.6) is 0 Å². The molecule has 0 nitrogen and oxygen atoms in total. The van der Waals surface area contributed by atoms with Crippen molar-refractivity contribution in [1.29, 1.82) is 0 Å². The Bertz CT molecular complexity index is 580. The highest BCUT2D eigenvalue weighted by molar-refractivity contribution is 6.35. The van der Waals surface area contributed by atoms with Crippen LogP contribution in [0, 0.1) is 5.92 Å². The van der Waals surface area contributed by atoms with E-state index in [0.29, 0.717) is 15.9 Å². The number of hydrogen-bond acceptors (Lipinski definition) is 0. The molecule has 0 aromatic heterocycles. The van der Waals surface area contributed by atoms with Crippen LogP contribution in [0.25, 0.3) is 0 Å². The third kappa shape index (κ3) is 4.30. The van der Waals surface area contributed by atoms with Crippen molar-refractivity contribution in [1.82, 2.24) is 0 Å². The summed E-state index contributed by atoms with van der Waals surface area (Å²) in [5, 5.41) is 2.11. The Balaban J connectivity index is 2.11. The van der Waals surface area contributed by atoms with E-state index in [9.17, 15) is 0 Å². The van der Waals surface area contributed by atoms with Crippen molar-refractivity contribution in [3.63, 3.8) is 0 Å². The maximum Gasteiger partial charge on any atom is 0.0452 e. The number of benzene rings is 2. The molecule has 0 aliphatic heterocycles. The molecule has 1 unspecified atom stereocenters. The van der Waals surface area contributed by atoms with Gasteiger partial charge >= 0.3 is 0 Å². The first-order valence-electron chi connectivity index (χ1n) is 6.33. The Morgan fingerprint density at radius 2 is 1.45 bits per heavy atom. The van der Waals surface area contributed by atoms with Crippen LogP contribution in [0.3, 0.4) is 0 Å². The van der Waals surface area contributed by atoms with Gasteiger partial charge in [-0.25, -0.2) is 0 Å². The van der Waals surface area contributed by atoms with E-state index in [-0.39, 0.29) is 5.92 Å². The third-order valence-electron chi connectivity index (χ3n) is 3.21. The van der Waals surface area contributed by atoms with Crippen LogP contribution in [0.1, 0.15) is 11.1 Å². The molecule has 2 aromatic rings. The minimum Gasteiger partial charge on any atom is -0.126 e. The van der Waals surface area contributed by atoms with E-state index < -0.39 is 0 Å². The summed E-state index contributed by atoms with van der Waals surface area (Å²) < 4.78 is 0. The van der Waals surface area contributed by atoms with Crippen molar-refractivity contribution in [3.05, 3.63) is 68.7 Å². The fraction of sp³-hybridized carbons (Fsp3) is 0.250. The summed E-state index contributed by atoms with van der Waals surface area (Å²) in [5.41, 5.74) is 2.18. The van der Waals surface area contributed by atoms with Gasteiger partial charge in [-0.2, -0.15) is 0 Å². The number of rotatable bonds is 5. The average molecular weight is 348 g/mol. The van der Waals surface area contributed by atoms with Gasteiger partial charge in [0.25, 0.3) is 0 Å². The average Bonchev–Trinajstić information content (AvgIpc) is 2.43. The predicted octanol–water partition coefficient (Wildman–Crippen LogP) is 6.29. The maximum absolute atomic E-state index is 6.21. The smallest absolute Gasteiger partial charge is 0.0452 e. The lowest BCUT2D eigenvalue weighted by molar-refractivity contribution is 0.584. The second-order valence-corrected chi connectivity index (χ2v) is 6.32. The summed E-state index contributed by atoms with van der Waals surface area (Å²) in [4.78, 5) is 0. The van der Waals surface area contributed by atoms with Crippen molar-refractivity contribution in [3.8, 4) is 0 Å². The Morgan fingerprint density at radius 3 is 2.05 bits per heavy atom. The zero-order valence-corrected chi connectivity index (χ0v) is 13.8. The van der Waals surface area contributed by atoms with E-state index >= 15 is 0 Å². The van der Waals surface area contributed by atoms with E-state index in [1.54, 1.807) is 6.07 Å². The molecule has 2 aromatic carbocycles. The monoisotopic (exact) mass is 346 g/mol. The van der Waals surface area contributed by atoms with E-state index in [2.05, 4.69) is 0 Å². The molecule has 0 aliphatic carbocycles. The fourth-order valence-electron chi connectivity index (χ4n) is 2.15. The Morgan fingerprint density at radius 1 is 0.800 bits per heavy atom. The van der Waals surface area contributed by atoms with Gasteiger partial charge in [0.2, 0.25) is 0 Å². The molecule has 0 amide bonds. The minimum atomic E-state index is 0.287. The highest BCUT2D eigenvalue weighted by Gasteiger charge is 2.13. The minimum absolute atomic E-state index is 0.287. The molecule has 2 rings (SSSR count). The molecule has 0 saturated carbocycles. The van der Waals surface area contributed by atoms with Crippen LogP contribution in [-0.4, -0.2) is 5.88 Å². The van der Waals surface area contributed by atoms with Crippen molar-refractivity contribution in [2.75, 3.05) is 5.88 Å². The van der Waals surface area contributed by atoms with Gasteiger partial charge < -0.3 is 0 Å². The summed E-state index contributed by atoms with van der Waals surface area (Å²) >= 11 is 24.4. The quantitative estimate of drug-likeness (QED) is 0.557. The van der Waals surface area contributed by atoms with Gasteiger partial charge in [-0.05, 0) is 48.1 Å². The molecule has 106 valence electrons. The van der Waals surface area contributed by atoms with E-state index in [4.69, 9.17) is 46.4 Å².